The zero-order valence-electron chi connectivity index (χ0n) is 9.10. The van der Waals surface area contributed by atoms with E-state index in [-0.39, 0.29) is 0 Å². The molecule has 16 heavy (non-hydrogen) atoms. The highest BCUT2D eigenvalue weighted by Crippen LogP contribution is 2.30. The van der Waals surface area contributed by atoms with E-state index in [2.05, 4.69) is 11.9 Å². The highest BCUT2D eigenvalue weighted by atomic mass is 32.2. The minimum Gasteiger partial charge on any atom is -0.399 e. The summed E-state index contributed by atoms with van der Waals surface area (Å²) in [5.41, 5.74) is 7.62. The molecule has 2 nitrogen and oxygen atoms in total. The number of hydrogen-bond acceptors (Lipinski definition) is 5. The van der Waals surface area contributed by atoms with Crippen molar-refractivity contribution in [1.82, 2.24) is 4.98 Å². The number of nitrogens with zero attached hydrogens (tertiary/aromatic N) is 1. The smallest absolute Gasteiger partial charge is 0.151 e. The van der Waals surface area contributed by atoms with Crippen LogP contribution in [0.1, 0.15) is 6.92 Å². The van der Waals surface area contributed by atoms with Gasteiger partial charge in [-0.3, -0.25) is 0 Å². The standard InChI is InChI=1S/C11H14N2S3/c1-2-14-5-6-15-11-13-9-4-3-8(12)7-10(9)16-11/h3-4,7H,2,5-6,12H2,1H3. The van der Waals surface area contributed by atoms with Gasteiger partial charge in [0.15, 0.2) is 4.34 Å². The second-order valence-corrected chi connectivity index (χ2v) is 7.02. The second-order valence-electron chi connectivity index (χ2n) is 3.25. The van der Waals surface area contributed by atoms with E-state index < -0.39 is 0 Å². The zero-order valence-corrected chi connectivity index (χ0v) is 11.6. The summed E-state index contributed by atoms with van der Waals surface area (Å²) in [7, 11) is 0. The first-order chi connectivity index (χ1) is 7.79. The minimum atomic E-state index is 0.814. The van der Waals surface area contributed by atoms with Crippen LogP contribution in [0.25, 0.3) is 10.2 Å². The molecule has 0 fully saturated rings. The molecule has 0 radical (unpaired) electrons. The topological polar surface area (TPSA) is 38.9 Å². The van der Waals surface area contributed by atoms with Gasteiger partial charge >= 0.3 is 0 Å². The third kappa shape index (κ3) is 3.06. The Balaban J connectivity index is 2.02. The van der Waals surface area contributed by atoms with Crippen LogP contribution in [0, 0.1) is 0 Å². The van der Waals surface area contributed by atoms with Crippen molar-refractivity contribution < 1.29 is 0 Å². The predicted molar refractivity (Wildman–Crippen MR) is 77.8 cm³/mol. The van der Waals surface area contributed by atoms with Crippen LogP contribution in [-0.2, 0) is 0 Å². The van der Waals surface area contributed by atoms with E-state index in [1.54, 1.807) is 11.3 Å². The average molecular weight is 270 g/mol. The van der Waals surface area contributed by atoms with Crippen molar-refractivity contribution in [2.45, 2.75) is 11.3 Å². The van der Waals surface area contributed by atoms with Gasteiger partial charge in [0.05, 0.1) is 10.2 Å². The van der Waals surface area contributed by atoms with Crippen LogP contribution in [0.5, 0.6) is 0 Å². The molecule has 0 saturated heterocycles. The number of thioether (sulfide) groups is 2. The summed E-state index contributed by atoms with van der Waals surface area (Å²) >= 11 is 5.54. The second kappa shape index (κ2) is 5.80. The van der Waals surface area contributed by atoms with E-state index in [1.165, 1.54) is 16.2 Å². The Morgan fingerprint density at radius 2 is 2.25 bits per heavy atom. The quantitative estimate of drug-likeness (QED) is 0.510. The summed E-state index contributed by atoms with van der Waals surface area (Å²) in [4.78, 5) is 4.57. The van der Waals surface area contributed by atoms with Gasteiger partial charge < -0.3 is 5.73 Å². The summed E-state index contributed by atoms with van der Waals surface area (Å²) in [6, 6.07) is 5.90. The van der Waals surface area contributed by atoms with Crippen LogP contribution in [0.4, 0.5) is 5.69 Å². The molecule has 5 heteroatoms. The molecule has 86 valence electrons. The third-order valence-corrected chi connectivity index (χ3v) is 5.37. The van der Waals surface area contributed by atoms with E-state index in [0.29, 0.717) is 0 Å². The molecule has 1 aromatic carbocycles. The summed E-state index contributed by atoms with van der Waals surface area (Å²) < 4.78 is 2.34. The Bertz CT molecular complexity index is 467. The number of rotatable bonds is 5. The molecule has 0 aliphatic carbocycles. The molecular weight excluding hydrogens is 256 g/mol. The maximum Gasteiger partial charge on any atom is 0.151 e. The number of thiazole rings is 1. The van der Waals surface area contributed by atoms with Crippen LogP contribution >= 0.6 is 34.9 Å². The molecule has 0 saturated carbocycles. The van der Waals surface area contributed by atoms with E-state index in [0.717, 1.165) is 21.3 Å². The summed E-state index contributed by atoms with van der Waals surface area (Å²) in [5, 5.41) is 0. The number of anilines is 1. The fraction of sp³-hybridized carbons (Fsp3) is 0.364. The number of fused-ring (bicyclic) bond motifs is 1. The van der Waals surface area contributed by atoms with Crippen LogP contribution < -0.4 is 5.73 Å². The first-order valence-electron chi connectivity index (χ1n) is 5.16. The number of nitrogens with two attached hydrogens (primary N) is 1. The lowest BCUT2D eigenvalue weighted by atomic mass is 10.3. The van der Waals surface area contributed by atoms with Crippen molar-refractivity contribution in [2.24, 2.45) is 0 Å². The molecule has 0 atom stereocenters. The molecule has 2 N–H and O–H groups in total. The van der Waals surface area contributed by atoms with Crippen molar-refractivity contribution >= 4 is 50.8 Å². The third-order valence-electron chi connectivity index (χ3n) is 2.05. The molecule has 0 bridgehead atoms. The van der Waals surface area contributed by atoms with Crippen LogP contribution in [0.2, 0.25) is 0 Å². The SMILES string of the molecule is CCSCCSc1nc2ccc(N)cc2s1. The van der Waals surface area contributed by atoms with Gasteiger partial charge in [-0.2, -0.15) is 11.8 Å². The van der Waals surface area contributed by atoms with Crippen LogP contribution in [0.15, 0.2) is 22.5 Å². The number of hydrogen-bond donors (Lipinski definition) is 1. The van der Waals surface area contributed by atoms with Gasteiger partial charge in [-0.25, -0.2) is 4.98 Å². The Morgan fingerprint density at radius 1 is 1.38 bits per heavy atom. The molecule has 0 amide bonds. The number of benzene rings is 1. The fourth-order valence-electron chi connectivity index (χ4n) is 1.31. The van der Waals surface area contributed by atoms with E-state index in [9.17, 15) is 0 Å². The van der Waals surface area contributed by atoms with Gasteiger partial charge in [0.1, 0.15) is 0 Å². The van der Waals surface area contributed by atoms with Gasteiger partial charge in [-0.15, -0.1) is 11.3 Å². The molecule has 1 heterocycles. The summed E-state index contributed by atoms with van der Waals surface area (Å²) in [6.07, 6.45) is 0. The van der Waals surface area contributed by atoms with E-state index in [4.69, 9.17) is 5.73 Å². The maximum absolute atomic E-state index is 5.74. The Hall–Kier alpha value is -0.390. The molecule has 2 rings (SSSR count). The maximum atomic E-state index is 5.74. The lowest BCUT2D eigenvalue weighted by Crippen LogP contribution is -1.83. The summed E-state index contributed by atoms with van der Waals surface area (Å²) in [6.45, 7) is 2.19. The van der Waals surface area contributed by atoms with Crippen molar-refractivity contribution in [3.63, 3.8) is 0 Å². The highest BCUT2D eigenvalue weighted by Gasteiger charge is 2.04. The number of aromatic nitrogens is 1. The lowest BCUT2D eigenvalue weighted by molar-refractivity contribution is 1.30. The first kappa shape index (κ1) is 12.1. The Kier molecular flexibility index (Phi) is 4.37. The van der Waals surface area contributed by atoms with Crippen molar-refractivity contribution in [2.75, 3.05) is 23.0 Å². The zero-order chi connectivity index (χ0) is 11.4. The summed E-state index contributed by atoms with van der Waals surface area (Å²) in [5.74, 6) is 3.52. The molecule has 1 aromatic heterocycles. The average Bonchev–Trinajstić information content (AvgIpc) is 2.66. The molecule has 2 aromatic rings. The molecule has 0 unspecified atom stereocenters. The van der Waals surface area contributed by atoms with Gasteiger partial charge in [-0.1, -0.05) is 18.7 Å². The first-order valence-corrected chi connectivity index (χ1v) is 8.12. The van der Waals surface area contributed by atoms with Gasteiger partial charge in [0.25, 0.3) is 0 Å². The monoisotopic (exact) mass is 270 g/mol. The molecule has 0 spiro atoms. The molecule has 0 aliphatic heterocycles. The number of nitrogen functional groups attached to an aromatic ring is 1. The Labute approximate surface area is 108 Å². The van der Waals surface area contributed by atoms with Gasteiger partial charge in [-0.05, 0) is 24.0 Å². The van der Waals surface area contributed by atoms with E-state index in [1.807, 2.05) is 41.7 Å². The van der Waals surface area contributed by atoms with Crippen LogP contribution in [0.3, 0.4) is 0 Å². The van der Waals surface area contributed by atoms with E-state index >= 15 is 0 Å². The predicted octanol–water partition coefficient (Wildman–Crippen LogP) is 3.72. The highest BCUT2D eigenvalue weighted by molar-refractivity contribution is 8.03. The molecular formula is C11H14N2S3. The van der Waals surface area contributed by atoms with Crippen LogP contribution in [-0.4, -0.2) is 22.2 Å². The van der Waals surface area contributed by atoms with Crippen molar-refractivity contribution in [3.05, 3.63) is 18.2 Å². The largest absolute Gasteiger partial charge is 0.399 e. The molecule has 0 aliphatic rings. The minimum absolute atomic E-state index is 0.814. The Morgan fingerprint density at radius 3 is 3.06 bits per heavy atom. The normalized spacial score (nSPS) is 11.1. The lowest BCUT2D eigenvalue weighted by Gasteiger charge is -1.95. The fourth-order valence-corrected chi connectivity index (χ4v) is 4.25. The van der Waals surface area contributed by atoms with Gasteiger partial charge in [0, 0.05) is 17.2 Å². The van der Waals surface area contributed by atoms with Gasteiger partial charge in [0.2, 0.25) is 0 Å². The van der Waals surface area contributed by atoms with Crippen molar-refractivity contribution in [3.8, 4) is 0 Å². The van der Waals surface area contributed by atoms with Crippen molar-refractivity contribution in [1.29, 1.82) is 0 Å².